The van der Waals surface area contributed by atoms with Gasteiger partial charge in [0.25, 0.3) is 5.89 Å². The van der Waals surface area contributed by atoms with E-state index in [0.717, 1.165) is 15.0 Å². The highest BCUT2D eigenvalue weighted by Gasteiger charge is 2.26. The Labute approximate surface area is 174 Å². The zero-order valence-corrected chi connectivity index (χ0v) is 16.8. The maximum atomic E-state index is 12.4. The summed E-state index contributed by atoms with van der Waals surface area (Å²) in [4.78, 5) is 28.9. The van der Waals surface area contributed by atoms with Crippen molar-refractivity contribution in [2.45, 2.75) is 12.8 Å². The fraction of sp³-hybridized carbons (Fsp3) is 0.150. The van der Waals surface area contributed by atoms with Crippen LogP contribution in [0.5, 0.6) is 0 Å². The lowest BCUT2D eigenvalue weighted by molar-refractivity contribution is -0.135. The van der Waals surface area contributed by atoms with Crippen molar-refractivity contribution >= 4 is 39.1 Å². The van der Waals surface area contributed by atoms with Gasteiger partial charge in [0.15, 0.2) is 0 Å². The second kappa shape index (κ2) is 8.36. The third-order valence-electron chi connectivity index (χ3n) is 4.25. The van der Waals surface area contributed by atoms with Crippen LogP contribution in [0.2, 0.25) is 0 Å². The van der Waals surface area contributed by atoms with Crippen LogP contribution in [0, 0.1) is 0 Å². The predicted molar refractivity (Wildman–Crippen MR) is 110 cm³/mol. The van der Waals surface area contributed by atoms with Crippen LogP contribution in [0.3, 0.4) is 0 Å². The number of halogens is 1. The zero-order chi connectivity index (χ0) is 20.2. The van der Waals surface area contributed by atoms with E-state index < -0.39 is 0 Å². The zero-order valence-electron chi connectivity index (χ0n) is 15.2. The lowest BCUT2D eigenvalue weighted by Crippen LogP contribution is -2.38. The third kappa shape index (κ3) is 4.40. The first-order valence-corrected chi connectivity index (χ1v) is 9.71. The van der Waals surface area contributed by atoms with Gasteiger partial charge < -0.3 is 9.84 Å². The Bertz CT molecular complexity index is 1080. The number of anilines is 1. The molecule has 1 N–H and O–H groups in total. The first-order valence-electron chi connectivity index (χ1n) is 8.92. The van der Waals surface area contributed by atoms with E-state index in [4.69, 9.17) is 4.52 Å². The number of para-hydroxylation sites is 1. The molecular formula is C20H16BrN5O3. The van der Waals surface area contributed by atoms with Gasteiger partial charge in [-0.1, -0.05) is 47.6 Å². The average Bonchev–Trinajstić information content (AvgIpc) is 3.22. The minimum atomic E-state index is -0.356. The molecule has 2 aromatic carbocycles. The maximum absolute atomic E-state index is 12.4. The van der Waals surface area contributed by atoms with E-state index in [9.17, 15) is 9.59 Å². The Morgan fingerprint density at radius 2 is 1.86 bits per heavy atom. The predicted octanol–water partition coefficient (Wildman–Crippen LogP) is 3.46. The monoisotopic (exact) mass is 453 g/mol. The van der Waals surface area contributed by atoms with Crippen LogP contribution in [0.1, 0.15) is 18.7 Å². The van der Waals surface area contributed by atoms with Gasteiger partial charge in [0.05, 0.1) is 5.69 Å². The lowest BCUT2D eigenvalue weighted by Gasteiger charge is -2.21. The molecule has 0 spiro atoms. The Morgan fingerprint density at radius 1 is 1.10 bits per heavy atom. The number of benzene rings is 2. The van der Waals surface area contributed by atoms with Gasteiger partial charge in [-0.3, -0.25) is 9.59 Å². The first-order chi connectivity index (χ1) is 14.1. The largest absolute Gasteiger partial charge is 0.332 e. The van der Waals surface area contributed by atoms with Crippen LogP contribution in [0.4, 0.5) is 5.69 Å². The smallest absolute Gasteiger partial charge is 0.274 e. The van der Waals surface area contributed by atoms with Crippen LogP contribution in [-0.2, 0) is 9.59 Å². The summed E-state index contributed by atoms with van der Waals surface area (Å²) >= 11 is 3.37. The molecule has 3 aromatic rings. The second-order valence-corrected chi connectivity index (χ2v) is 7.17. The van der Waals surface area contributed by atoms with Crippen molar-refractivity contribution in [3.63, 3.8) is 0 Å². The number of hydrazone groups is 1. The molecule has 0 unspecified atom stereocenters. The third-order valence-corrected chi connectivity index (χ3v) is 4.94. The molecule has 29 heavy (non-hydrogen) atoms. The molecule has 0 bridgehead atoms. The van der Waals surface area contributed by atoms with Gasteiger partial charge >= 0.3 is 0 Å². The summed E-state index contributed by atoms with van der Waals surface area (Å²) in [6.07, 6.45) is 0.585. The standard InChI is InChI=1S/C20H16BrN5O3/c21-14-8-4-5-9-15(14)22-17(27)12-26-18(28)11-10-16(24-26)20-23-19(25-29-20)13-6-2-1-3-7-13/h1-9H,10-12H2,(H,22,27). The molecule has 1 aliphatic heterocycles. The second-order valence-electron chi connectivity index (χ2n) is 6.32. The molecule has 1 aromatic heterocycles. The number of hydrogen-bond acceptors (Lipinski definition) is 6. The fourth-order valence-electron chi connectivity index (χ4n) is 2.81. The van der Waals surface area contributed by atoms with Crippen LogP contribution < -0.4 is 5.32 Å². The molecule has 0 fully saturated rings. The summed E-state index contributed by atoms with van der Waals surface area (Å²) in [5.74, 6) is 0.0931. The molecule has 4 rings (SSSR count). The van der Waals surface area contributed by atoms with Crippen molar-refractivity contribution < 1.29 is 14.1 Å². The van der Waals surface area contributed by atoms with E-state index in [2.05, 4.69) is 36.5 Å². The van der Waals surface area contributed by atoms with E-state index in [1.165, 1.54) is 0 Å². The number of carbonyl (C=O) groups excluding carboxylic acids is 2. The van der Waals surface area contributed by atoms with Crippen LogP contribution in [-0.4, -0.2) is 39.2 Å². The molecule has 0 saturated carbocycles. The minimum absolute atomic E-state index is 0.205. The van der Waals surface area contributed by atoms with Gasteiger partial charge in [0.1, 0.15) is 12.3 Å². The van der Waals surface area contributed by atoms with Gasteiger partial charge in [-0.15, -0.1) is 0 Å². The molecule has 8 nitrogen and oxygen atoms in total. The van der Waals surface area contributed by atoms with Crippen molar-refractivity contribution in [1.82, 2.24) is 15.1 Å². The van der Waals surface area contributed by atoms with E-state index in [1.807, 2.05) is 48.5 Å². The van der Waals surface area contributed by atoms with Gasteiger partial charge in [-0.2, -0.15) is 10.1 Å². The van der Waals surface area contributed by atoms with Gasteiger partial charge in [-0.05, 0) is 28.1 Å². The molecular weight excluding hydrogens is 438 g/mol. The fourth-order valence-corrected chi connectivity index (χ4v) is 3.20. The highest BCUT2D eigenvalue weighted by Crippen LogP contribution is 2.22. The van der Waals surface area contributed by atoms with E-state index in [1.54, 1.807) is 6.07 Å². The average molecular weight is 454 g/mol. The molecule has 0 atom stereocenters. The highest BCUT2D eigenvalue weighted by atomic mass is 79.9. The summed E-state index contributed by atoms with van der Waals surface area (Å²) < 4.78 is 6.07. The number of amides is 2. The van der Waals surface area contributed by atoms with Crippen LogP contribution in [0.25, 0.3) is 11.4 Å². The lowest BCUT2D eigenvalue weighted by atomic mass is 10.1. The molecule has 9 heteroatoms. The quantitative estimate of drug-likeness (QED) is 0.637. The molecule has 146 valence electrons. The van der Waals surface area contributed by atoms with E-state index in [0.29, 0.717) is 23.6 Å². The van der Waals surface area contributed by atoms with Gasteiger partial charge in [-0.25, -0.2) is 5.01 Å². The number of carbonyl (C=O) groups is 2. The molecule has 2 heterocycles. The normalized spacial score (nSPS) is 13.9. The van der Waals surface area contributed by atoms with Crippen molar-refractivity contribution in [2.75, 3.05) is 11.9 Å². The summed E-state index contributed by atoms with van der Waals surface area (Å²) in [7, 11) is 0. The summed E-state index contributed by atoms with van der Waals surface area (Å²) in [5.41, 5.74) is 1.92. The minimum Gasteiger partial charge on any atom is -0.332 e. The molecule has 1 aliphatic rings. The maximum Gasteiger partial charge on any atom is 0.274 e. The molecule has 2 amide bonds. The van der Waals surface area contributed by atoms with Crippen molar-refractivity contribution in [3.05, 3.63) is 65.0 Å². The molecule has 0 saturated heterocycles. The number of nitrogens with one attached hydrogen (secondary N) is 1. The van der Waals surface area contributed by atoms with Crippen molar-refractivity contribution in [2.24, 2.45) is 5.10 Å². The van der Waals surface area contributed by atoms with E-state index in [-0.39, 0.29) is 30.7 Å². The van der Waals surface area contributed by atoms with Crippen LogP contribution in [0.15, 0.2) is 68.7 Å². The Kier molecular flexibility index (Phi) is 5.48. The number of hydrogen-bond donors (Lipinski definition) is 1. The topological polar surface area (TPSA) is 101 Å². The summed E-state index contributed by atoms with van der Waals surface area (Å²) in [6, 6.07) is 16.6. The molecule has 0 radical (unpaired) electrons. The number of aromatic nitrogens is 2. The first kappa shape index (κ1) is 19.0. The number of nitrogens with zero attached hydrogens (tertiary/aromatic N) is 4. The van der Waals surface area contributed by atoms with Crippen LogP contribution >= 0.6 is 15.9 Å². The Morgan fingerprint density at radius 3 is 2.66 bits per heavy atom. The van der Waals surface area contributed by atoms with Crippen molar-refractivity contribution in [1.29, 1.82) is 0 Å². The van der Waals surface area contributed by atoms with E-state index >= 15 is 0 Å². The highest BCUT2D eigenvalue weighted by molar-refractivity contribution is 9.10. The SMILES string of the molecule is O=C(CN1N=C(c2nc(-c3ccccc3)no2)CCC1=O)Nc1ccccc1Br. The van der Waals surface area contributed by atoms with Gasteiger partial charge in [0, 0.05) is 22.9 Å². The summed E-state index contributed by atoms with van der Waals surface area (Å²) in [6.45, 7) is -0.205. The Balaban J connectivity index is 1.49. The summed E-state index contributed by atoms with van der Waals surface area (Å²) in [5, 5.41) is 12.1. The van der Waals surface area contributed by atoms with Gasteiger partial charge in [0.2, 0.25) is 17.6 Å². The van der Waals surface area contributed by atoms with Crippen molar-refractivity contribution in [3.8, 4) is 11.4 Å². The molecule has 0 aliphatic carbocycles. The Hall–Kier alpha value is -3.33. The number of rotatable bonds is 5.